The van der Waals surface area contributed by atoms with Crippen molar-refractivity contribution in [3.05, 3.63) is 35.1 Å². The summed E-state index contributed by atoms with van der Waals surface area (Å²) in [4.78, 5) is 13.1. The van der Waals surface area contributed by atoms with Crippen molar-refractivity contribution in [3.63, 3.8) is 0 Å². The number of hydrogen-bond donors (Lipinski definition) is 0. The highest BCUT2D eigenvalue weighted by atomic mass is 19.2. The molecule has 1 unspecified atom stereocenters. The number of amides is 1. The maximum absolute atomic E-state index is 13.5. The van der Waals surface area contributed by atoms with Crippen LogP contribution in [0.3, 0.4) is 0 Å². The standard InChI is InChI=1S/C14H16F3NO2/c1-14(2,3)20-13(19)18-7-9(18)4-8-5-11(16)12(17)6-10(8)15/h5-6,9H,4,7H2,1-3H3. The molecule has 1 aliphatic heterocycles. The molecule has 110 valence electrons. The van der Waals surface area contributed by atoms with E-state index in [1.165, 1.54) is 4.90 Å². The number of rotatable bonds is 2. The topological polar surface area (TPSA) is 29.3 Å². The van der Waals surface area contributed by atoms with Gasteiger partial charge in [-0.3, -0.25) is 0 Å². The predicted octanol–water partition coefficient (Wildman–Crippen LogP) is 3.27. The molecule has 1 aliphatic rings. The highest BCUT2D eigenvalue weighted by molar-refractivity contribution is 5.71. The van der Waals surface area contributed by atoms with Crippen LogP contribution in [0.4, 0.5) is 18.0 Å². The minimum absolute atomic E-state index is 0.0555. The van der Waals surface area contributed by atoms with Gasteiger partial charge in [0.15, 0.2) is 11.6 Å². The number of benzene rings is 1. The van der Waals surface area contributed by atoms with Crippen LogP contribution in [0.5, 0.6) is 0 Å². The second kappa shape index (κ2) is 5.00. The normalized spacial score (nSPS) is 18.1. The molecule has 0 bridgehead atoms. The summed E-state index contributed by atoms with van der Waals surface area (Å²) < 4.78 is 44.5. The van der Waals surface area contributed by atoms with E-state index < -0.39 is 29.1 Å². The van der Waals surface area contributed by atoms with Crippen LogP contribution in [0.15, 0.2) is 12.1 Å². The third-order valence-corrected chi connectivity index (χ3v) is 2.89. The van der Waals surface area contributed by atoms with Crippen LogP contribution in [-0.4, -0.2) is 29.2 Å². The van der Waals surface area contributed by atoms with Crippen molar-refractivity contribution in [2.45, 2.75) is 38.8 Å². The van der Waals surface area contributed by atoms with Crippen LogP contribution in [0.25, 0.3) is 0 Å². The monoisotopic (exact) mass is 287 g/mol. The number of halogens is 3. The molecule has 1 fully saturated rings. The molecule has 0 spiro atoms. The van der Waals surface area contributed by atoms with Crippen LogP contribution in [0, 0.1) is 17.5 Å². The summed E-state index contributed by atoms with van der Waals surface area (Å²) >= 11 is 0. The number of nitrogens with zero attached hydrogens (tertiary/aromatic N) is 1. The molecule has 6 heteroatoms. The van der Waals surface area contributed by atoms with Gasteiger partial charge in [0, 0.05) is 12.6 Å². The average molecular weight is 287 g/mol. The van der Waals surface area contributed by atoms with E-state index in [9.17, 15) is 18.0 Å². The van der Waals surface area contributed by atoms with Gasteiger partial charge in [0.25, 0.3) is 0 Å². The fraction of sp³-hybridized carbons (Fsp3) is 0.500. The fourth-order valence-corrected chi connectivity index (χ4v) is 1.87. The first kappa shape index (κ1) is 14.7. The number of carbonyl (C=O) groups is 1. The van der Waals surface area contributed by atoms with Crippen molar-refractivity contribution in [1.82, 2.24) is 4.90 Å². The number of hydrogen-bond acceptors (Lipinski definition) is 2. The molecule has 0 aliphatic carbocycles. The lowest BCUT2D eigenvalue weighted by Crippen LogP contribution is -2.28. The lowest BCUT2D eigenvalue weighted by Gasteiger charge is -2.20. The summed E-state index contributed by atoms with van der Waals surface area (Å²) in [5.41, 5.74) is -0.544. The molecule has 1 heterocycles. The minimum atomic E-state index is -1.22. The molecule has 1 aromatic carbocycles. The molecule has 1 saturated heterocycles. The first-order chi connectivity index (χ1) is 9.17. The van der Waals surface area contributed by atoms with Crippen molar-refractivity contribution < 1.29 is 22.7 Å². The van der Waals surface area contributed by atoms with Crippen LogP contribution in [0.1, 0.15) is 26.3 Å². The number of carbonyl (C=O) groups excluding carboxylic acids is 1. The Bertz CT molecular complexity index is 540. The van der Waals surface area contributed by atoms with E-state index in [1.54, 1.807) is 20.8 Å². The molecule has 1 atom stereocenters. The van der Waals surface area contributed by atoms with E-state index >= 15 is 0 Å². The average Bonchev–Trinajstić information content (AvgIpc) is 3.03. The van der Waals surface area contributed by atoms with Gasteiger partial charge < -0.3 is 9.64 Å². The molecule has 0 N–H and O–H groups in total. The van der Waals surface area contributed by atoms with E-state index in [-0.39, 0.29) is 18.0 Å². The van der Waals surface area contributed by atoms with Crippen LogP contribution in [0.2, 0.25) is 0 Å². The summed E-state index contributed by atoms with van der Waals surface area (Å²) in [5, 5.41) is 0. The van der Waals surface area contributed by atoms with Crippen LogP contribution in [-0.2, 0) is 11.2 Å². The van der Waals surface area contributed by atoms with E-state index in [4.69, 9.17) is 4.74 Å². The Morgan fingerprint density at radius 1 is 1.25 bits per heavy atom. The van der Waals surface area contributed by atoms with Gasteiger partial charge in [-0.15, -0.1) is 0 Å². The van der Waals surface area contributed by atoms with E-state index in [0.717, 1.165) is 6.07 Å². The van der Waals surface area contributed by atoms with Gasteiger partial charge in [-0.1, -0.05) is 0 Å². The lowest BCUT2D eigenvalue weighted by atomic mass is 10.1. The van der Waals surface area contributed by atoms with E-state index in [2.05, 4.69) is 0 Å². The molecule has 0 saturated carbocycles. The molecule has 0 aromatic heterocycles. The van der Waals surface area contributed by atoms with Crippen LogP contribution >= 0.6 is 0 Å². The summed E-state index contributed by atoms with van der Waals surface area (Å²) in [5.74, 6) is -3.11. The Morgan fingerprint density at radius 2 is 1.85 bits per heavy atom. The molecule has 1 aromatic rings. The molecule has 20 heavy (non-hydrogen) atoms. The molecular formula is C14H16F3NO2. The Morgan fingerprint density at radius 3 is 2.45 bits per heavy atom. The Labute approximate surface area is 115 Å². The van der Waals surface area contributed by atoms with Crippen LogP contribution < -0.4 is 0 Å². The second-order valence-corrected chi connectivity index (χ2v) is 5.85. The number of ether oxygens (including phenoxy) is 1. The largest absolute Gasteiger partial charge is 0.444 e. The third kappa shape index (κ3) is 3.43. The first-order valence-corrected chi connectivity index (χ1v) is 6.30. The Balaban J connectivity index is 1.97. The van der Waals surface area contributed by atoms with Gasteiger partial charge in [0.05, 0.1) is 6.04 Å². The second-order valence-electron chi connectivity index (χ2n) is 5.85. The van der Waals surface area contributed by atoms with E-state index in [0.29, 0.717) is 12.6 Å². The summed E-state index contributed by atoms with van der Waals surface area (Å²) in [6, 6.07) is 1.12. The lowest BCUT2D eigenvalue weighted by molar-refractivity contribution is 0.0407. The highest BCUT2D eigenvalue weighted by Gasteiger charge is 2.41. The minimum Gasteiger partial charge on any atom is -0.444 e. The Hall–Kier alpha value is -1.72. The highest BCUT2D eigenvalue weighted by Crippen LogP contribution is 2.26. The molecule has 1 amide bonds. The quantitative estimate of drug-likeness (QED) is 0.617. The summed E-state index contributed by atoms with van der Waals surface area (Å²) in [6.45, 7) is 5.67. The van der Waals surface area contributed by atoms with Gasteiger partial charge in [-0.05, 0) is 38.8 Å². The molecule has 2 rings (SSSR count). The zero-order chi connectivity index (χ0) is 15.1. The van der Waals surface area contributed by atoms with Gasteiger partial charge in [-0.2, -0.15) is 0 Å². The summed E-state index contributed by atoms with van der Waals surface area (Å²) in [6.07, 6.45) is -0.340. The van der Waals surface area contributed by atoms with Crippen molar-refractivity contribution in [2.75, 3.05) is 6.54 Å². The SMILES string of the molecule is CC(C)(C)OC(=O)N1CC1Cc1cc(F)c(F)cc1F. The third-order valence-electron chi connectivity index (χ3n) is 2.89. The van der Waals surface area contributed by atoms with Gasteiger partial charge in [0.1, 0.15) is 11.4 Å². The predicted molar refractivity (Wildman–Crippen MR) is 66.7 cm³/mol. The van der Waals surface area contributed by atoms with E-state index in [1.807, 2.05) is 0 Å². The fourth-order valence-electron chi connectivity index (χ4n) is 1.87. The molecule has 3 nitrogen and oxygen atoms in total. The molecular weight excluding hydrogens is 271 g/mol. The molecule has 0 radical (unpaired) electrons. The van der Waals surface area contributed by atoms with Gasteiger partial charge in [0.2, 0.25) is 0 Å². The summed E-state index contributed by atoms with van der Waals surface area (Å²) in [7, 11) is 0. The van der Waals surface area contributed by atoms with Gasteiger partial charge >= 0.3 is 6.09 Å². The first-order valence-electron chi connectivity index (χ1n) is 6.30. The van der Waals surface area contributed by atoms with Crippen molar-refractivity contribution in [2.24, 2.45) is 0 Å². The smallest absolute Gasteiger partial charge is 0.410 e. The van der Waals surface area contributed by atoms with Gasteiger partial charge in [-0.25, -0.2) is 18.0 Å². The van der Waals surface area contributed by atoms with Crippen molar-refractivity contribution >= 4 is 6.09 Å². The maximum atomic E-state index is 13.5. The van der Waals surface area contributed by atoms with Crippen molar-refractivity contribution in [3.8, 4) is 0 Å². The Kier molecular flexibility index (Phi) is 3.67. The maximum Gasteiger partial charge on any atom is 0.410 e. The van der Waals surface area contributed by atoms with Crippen molar-refractivity contribution in [1.29, 1.82) is 0 Å². The zero-order valence-electron chi connectivity index (χ0n) is 11.5. The zero-order valence-corrected chi connectivity index (χ0v) is 11.5.